The number of nitrogens with one attached hydrogen (secondary N) is 1. The lowest BCUT2D eigenvalue weighted by Gasteiger charge is -2.27. The van der Waals surface area contributed by atoms with Gasteiger partial charge in [-0.3, -0.25) is 4.79 Å². The fraction of sp³-hybridized carbons (Fsp3) is 0.588. The number of halogens is 2. The van der Waals surface area contributed by atoms with Gasteiger partial charge >= 0.3 is 5.97 Å². The average molecular weight is 346 g/mol. The summed E-state index contributed by atoms with van der Waals surface area (Å²) in [7, 11) is 0. The van der Waals surface area contributed by atoms with Crippen molar-refractivity contribution in [3.8, 4) is 0 Å². The predicted octanol–water partition coefficient (Wildman–Crippen LogP) is 4.22. The third-order valence-corrected chi connectivity index (χ3v) is 4.39. The Balaban J connectivity index is 0.00000242. The average Bonchev–Trinajstić information content (AvgIpc) is 2.50. The Kier molecular flexibility index (Phi) is 8.84. The molecule has 1 aromatic carbocycles. The van der Waals surface area contributed by atoms with E-state index in [2.05, 4.69) is 5.32 Å². The van der Waals surface area contributed by atoms with E-state index in [1.165, 1.54) is 5.56 Å². The molecule has 0 aliphatic heterocycles. The van der Waals surface area contributed by atoms with Crippen molar-refractivity contribution in [1.82, 2.24) is 5.32 Å². The Bertz CT molecular complexity index is 442. The van der Waals surface area contributed by atoms with Crippen molar-refractivity contribution in [2.24, 2.45) is 11.8 Å². The second-order valence-corrected chi connectivity index (χ2v) is 6.16. The summed E-state index contributed by atoms with van der Waals surface area (Å²) < 4.78 is 5.10. The Morgan fingerprint density at radius 3 is 2.45 bits per heavy atom. The summed E-state index contributed by atoms with van der Waals surface area (Å²) in [6.45, 7) is 4.23. The van der Waals surface area contributed by atoms with Crippen LogP contribution < -0.4 is 5.32 Å². The van der Waals surface area contributed by atoms with Gasteiger partial charge in [0.25, 0.3) is 0 Å². The Morgan fingerprint density at radius 1 is 1.23 bits per heavy atom. The van der Waals surface area contributed by atoms with Crippen molar-refractivity contribution in [2.75, 3.05) is 13.2 Å². The quantitative estimate of drug-likeness (QED) is 0.784. The lowest BCUT2D eigenvalue weighted by atomic mass is 9.82. The minimum atomic E-state index is -0.00919. The standard InChI is InChI=1S/C17H24ClNO2.ClH/c1-2-21-17(20)15-7-3-13(4-8-15)11-19-12-14-5-9-16(18)10-6-14;/h5-6,9-10,13,15,19H,2-4,7-8,11-12H2,1H3;1H. The number of carbonyl (C=O) groups is 1. The molecule has 0 amide bonds. The molecule has 0 aromatic heterocycles. The molecule has 0 atom stereocenters. The molecule has 1 aliphatic carbocycles. The molecule has 1 aliphatic rings. The van der Waals surface area contributed by atoms with Gasteiger partial charge < -0.3 is 10.1 Å². The summed E-state index contributed by atoms with van der Waals surface area (Å²) in [5, 5.41) is 4.27. The zero-order chi connectivity index (χ0) is 15.1. The van der Waals surface area contributed by atoms with Crippen LogP contribution in [0.4, 0.5) is 0 Å². The molecule has 1 fully saturated rings. The van der Waals surface area contributed by atoms with Crippen molar-refractivity contribution in [3.05, 3.63) is 34.9 Å². The molecule has 1 N–H and O–H groups in total. The zero-order valence-corrected chi connectivity index (χ0v) is 14.6. The molecule has 0 saturated heterocycles. The van der Waals surface area contributed by atoms with Crippen LogP contribution in [0.3, 0.4) is 0 Å². The number of ether oxygens (including phenoxy) is 1. The molecular formula is C17H25Cl2NO2. The molecule has 0 bridgehead atoms. The molecule has 0 radical (unpaired) electrons. The molecule has 5 heteroatoms. The molecule has 1 saturated carbocycles. The van der Waals surface area contributed by atoms with Crippen molar-refractivity contribution in [2.45, 2.75) is 39.2 Å². The third kappa shape index (κ3) is 6.15. The molecular weight excluding hydrogens is 321 g/mol. The van der Waals surface area contributed by atoms with Gasteiger partial charge in [0, 0.05) is 11.6 Å². The first-order chi connectivity index (χ1) is 10.2. The number of esters is 1. The van der Waals surface area contributed by atoms with E-state index in [-0.39, 0.29) is 24.3 Å². The molecule has 0 spiro atoms. The van der Waals surface area contributed by atoms with Crippen LogP contribution in [0.25, 0.3) is 0 Å². The minimum Gasteiger partial charge on any atom is -0.466 e. The summed E-state index contributed by atoms with van der Waals surface area (Å²) in [5.74, 6) is 0.783. The van der Waals surface area contributed by atoms with Crippen LogP contribution in [0, 0.1) is 11.8 Å². The molecule has 2 rings (SSSR count). The molecule has 0 heterocycles. The Morgan fingerprint density at radius 2 is 1.86 bits per heavy atom. The number of hydrogen-bond acceptors (Lipinski definition) is 3. The van der Waals surface area contributed by atoms with Gasteiger partial charge in [0.1, 0.15) is 0 Å². The summed E-state index contributed by atoms with van der Waals surface area (Å²) in [6, 6.07) is 7.94. The lowest BCUT2D eigenvalue weighted by molar-refractivity contribution is -0.149. The maximum atomic E-state index is 11.7. The van der Waals surface area contributed by atoms with E-state index in [0.29, 0.717) is 12.5 Å². The van der Waals surface area contributed by atoms with Gasteiger partial charge in [0.05, 0.1) is 12.5 Å². The van der Waals surface area contributed by atoms with Crippen LogP contribution in [0.5, 0.6) is 0 Å². The van der Waals surface area contributed by atoms with E-state index >= 15 is 0 Å². The first-order valence-corrected chi connectivity index (χ1v) is 8.18. The van der Waals surface area contributed by atoms with E-state index in [9.17, 15) is 4.79 Å². The van der Waals surface area contributed by atoms with Crippen molar-refractivity contribution in [1.29, 1.82) is 0 Å². The van der Waals surface area contributed by atoms with Crippen LogP contribution in [0.1, 0.15) is 38.2 Å². The van der Waals surface area contributed by atoms with Crippen LogP contribution in [0.2, 0.25) is 5.02 Å². The normalized spacial score (nSPS) is 21.0. The van der Waals surface area contributed by atoms with E-state index in [1.807, 2.05) is 31.2 Å². The highest BCUT2D eigenvalue weighted by Crippen LogP contribution is 2.29. The fourth-order valence-electron chi connectivity index (χ4n) is 2.89. The van der Waals surface area contributed by atoms with Crippen molar-refractivity contribution in [3.63, 3.8) is 0 Å². The molecule has 22 heavy (non-hydrogen) atoms. The van der Waals surface area contributed by atoms with Gasteiger partial charge in [0.2, 0.25) is 0 Å². The smallest absolute Gasteiger partial charge is 0.308 e. The van der Waals surface area contributed by atoms with Gasteiger partial charge in [-0.25, -0.2) is 0 Å². The SMILES string of the molecule is CCOC(=O)C1CCC(CNCc2ccc(Cl)cc2)CC1.Cl. The minimum absolute atomic E-state index is 0. The highest BCUT2D eigenvalue weighted by molar-refractivity contribution is 6.30. The molecule has 3 nitrogen and oxygen atoms in total. The van der Waals surface area contributed by atoms with Gasteiger partial charge in [-0.05, 0) is 62.8 Å². The molecule has 1 aromatic rings. The lowest BCUT2D eigenvalue weighted by Crippen LogP contribution is -2.29. The van der Waals surface area contributed by atoms with Crippen LogP contribution in [-0.2, 0) is 16.1 Å². The second kappa shape index (κ2) is 10.1. The molecule has 0 unspecified atom stereocenters. The first-order valence-electron chi connectivity index (χ1n) is 7.80. The summed E-state index contributed by atoms with van der Waals surface area (Å²) >= 11 is 5.87. The summed E-state index contributed by atoms with van der Waals surface area (Å²) in [4.78, 5) is 11.7. The van der Waals surface area contributed by atoms with E-state index in [4.69, 9.17) is 16.3 Å². The predicted molar refractivity (Wildman–Crippen MR) is 92.5 cm³/mol. The number of carbonyl (C=O) groups excluding carboxylic acids is 1. The van der Waals surface area contributed by atoms with Crippen LogP contribution in [0.15, 0.2) is 24.3 Å². The monoisotopic (exact) mass is 345 g/mol. The summed E-state index contributed by atoms with van der Waals surface area (Å²) in [6.07, 6.45) is 4.15. The van der Waals surface area contributed by atoms with Gasteiger partial charge in [-0.2, -0.15) is 0 Å². The highest BCUT2D eigenvalue weighted by Gasteiger charge is 2.26. The van der Waals surface area contributed by atoms with Crippen LogP contribution >= 0.6 is 24.0 Å². The fourth-order valence-corrected chi connectivity index (χ4v) is 3.01. The maximum Gasteiger partial charge on any atom is 0.308 e. The number of rotatable bonds is 6. The van der Waals surface area contributed by atoms with E-state index in [0.717, 1.165) is 43.8 Å². The highest BCUT2D eigenvalue weighted by atomic mass is 35.5. The topological polar surface area (TPSA) is 38.3 Å². The maximum absolute atomic E-state index is 11.7. The van der Waals surface area contributed by atoms with E-state index in [1.54, 1.807) is 0 Å². The second-order valence-electron chi connectivity index (χ2n) is 5.73. The van der Waals surface area contributed by atoms with E-state index < -0.39 is 0 Å². The molecule has 124 valence electrons. The van der Waals surface area contributed by atoms with Crippen LogP contribution in [-0.4, -0.2) is 19.1 Å². The Labute approximate surface area is 144 Å². The first kappa shape index (κ1) is 19.3. The van der Waals surface area contributed by atoms with Crippen molar-refractivity contribution >= 4 is 30.0 Å². The zero-order valence-electron chi connectivity index (χ0n) is 13.0. The van der Waals surface area contributed by atoms with Gasteiger partial charge in [0.15, 0.2) is 0 Å². The van der Waals surface area contributed by atoms with Gasteiger partial charge in [-0.15, -0.1) is 12.4 Å². The summed E-state index contributed by atoms with van der Waals surface area (Å²) in [5.41, 5.74) is 1.25. The number of hydrogen-bond donors (Lipinski definition) is 1. The third-order valence-electron chi connectivity index (χ3n) is 4.14. The largest absolute Gasteiger partial charge is 0.466 e. The Hall–Kier alpha value is -0.770. The number of benzene rings is 1. The van der Waals surface area contributed by atoms with Gasteiger partial charge in [-0.1, -0.05) is 23.7 Å². The van der Waals surface area contributed by atoms with Crippen molar-refractivity contribution < 1.29 is 9.53 Å².